The van der Waals surface area contributed by atoms with Crippen molar-refractivity contribution < 1.29 is 18.3 Å². The van der Waals surface area contributed by atoms with Crippen molar-refractivity contribution in [2.75, 3.05) is 6.61 Å². The number of amides is 1. The fourth-order valence-corrected chi connectivity index (χ4v) is 3.46. The molecule has 0 radical (unpaired) electrons. The second-order valence-electron chi connectivity index (χ2n) is 6.00. The van der Waals surface area contributed by atoms with Gasteiger partial charge in [0.1, 0.15) is 0 Å². The first-order valence-electron chi connectivity index (χ1n) is 7.82. The average molecular weight is 362 g/mol. The lowest BCUT2D eigenvalue weighted by Crippen LogP contribution is -2.39. The van der Waals surface area contributed by atoms with Gasteiger partial charge in [-0.2, -0.15) is 0 Å². The van der Waals surface area contributed by atoms with Crippen LogP contribution in [0.3, 0.4) is 0 Å². The van der Waals surface area contributed by atoms with Crippen LogP contribution in [0.15, 0.2) is 47.4 Å². The largest absolute Gasteiger partial charge is 0.394 e. The molecule has 1 unspecified atom stereocenters. The predicted octanol–water partition coefficient (Wildman–Crippen LogP) is 1.28. The van der Waals surface area contributed by atoms with Gasteiger partial charge in [0, 0.05) is 5.56 Å². The van der Waals surface area contributed by atoms with Crippen LogP contribution in [0.2, 0.25) is 0 Å². The molecule has 0 aliphatic carbocycles. The van der Waals surface area contributed by atoms with Crippen LogP contribution < -0.4 is 10.5 Å². The van der Waals surface area contributed by atoms with Gasteiger partial charge in [-0.25, -0.2) is 13.6 Å². The first-order valence-corrected chi connectivity index (χ1v) is 9.36. The molecular formula is C18H22N2O4S. The Kier molecular flexibility index (Phi) is 5.94. The second kappa shape index (κ2) is 7.77. The number of aryl methyl sites for hydroxylation is 1. The molecule has 134 valence electrons. The molecule has 25 heavy (non-hydrogen) atoms. The summed E-state index contributed by atoms with van der Waals surface area (Å²) in [6.07, 6.45) is 0.468. The van der Waals surface area contributed by atoms with E-state index in [1.165, 1.54) is 6.07 Å². The molecule has 1 atom stereocenters. The standard InChI is InChI=1S/C18H22N2O4S/c1-12-8-15(10-17(13(12)2)25(19,23)24)18(22)20-16(11-21)9-14-6-4-3-5-7-14/h3-8,10,16,21H,9,11H2,1-2H3,(H,20,22)(H2,19,23,24). The molecule has 0 spiro atoms. The number of carbonyl (C=O) groups excluding carboxylic acids is 1. The van der Waals surface area contributed by atoms with Crippen LogP contribution in [0.25, 0.3) is 0 Å². The SMILES string of the molecule is Cc1cc(C(=O)NC(CO)Cc2ccccc2)cc(S(N)(=O)=O)c1C. The third-order valence-corrected chi connectivity index (χ3v) is 5.11. The molecule has 2 aromatic rings. The summed E-state index contributed by atoms with van der Waals surface area (Å²) >= 11 is 0. The third kappa shape index (κ3) is 4.88. The Balaban J connectivity index is 2.23. The Morgan fingerprint density at radius 2 is 1.84 bits per heavy atom. The number of aliphatic hydroxyl groups excluding tert-OH is 1. The fraction of sp³-hybridized carbons (Fsp3) is 0.278. The summed E-state index contributed by atoms with van der Waals surface area (Å²) < 4.78 is 23.4. The maximum atomic E-state index is 12.5. The Labute approximate surface area is 147 Å². The smallest absolute Gasteiger partial charge is 0.251 e. The van der Waals surface area contributed by atoms with Crippen LogP contribution in [-0.2, 0) is 16.4 Å². The summed E-state index contributed by atoms with van der Waals surface area (Å²) in [6.45, 7) is 3.13. The lowest BCUT2D eigenvalue weighted by Gasteiger charge is -2.17. The second-order valence-corrected chi connectivity index (χ2v) is 7.53. The zero-order valence-electron chi connectivity index (χ0n) is 14.2. The number of benzene rings is 2. The number of primary sulfonamides is 1. The molecule has 7 heteroatoms. The van der Waals surface area contributed by atoms with E-state index in [4.69, 9.17) is 5.14 Å². The van der Waals surface area contributed by atoms with Crippen molar-refractivity contribution in [1.82, 2.24) is 5.32 Å². The van der Waals surface area contributed by atoms with E-state index in [1.807, 2.05) is 30.3 Å². The first-order chi connectivity index (χ1) is 11.7. The quantitative estimate of drug-likeness (QED) is 0.719. The Hall–Kier alpha value is -2.22. The van der Waals surface area contributed by atoms with E-state index < -0.39 is 22.0 Å². The number of nitrogens with one attached hydrogen (secondary N) is 1. The van der Waals surface area contributed by atoms with Crippen molar-refractivity contribution in [3.63, 3.8) is 0 Å². The highest BCUT2D eigenvalue weighted by Gasteiger charge is 2.19. The van der Waals surface area contributed by atoms with Gasteiger partial charge >= 0.3 is 0 Å². The highest BCUT2D eigenvalue weighted by Crippen LogP contribution is 2.20. The minimum atomic E-state index is -3.92. The maximum Gasteiger partial charge on any atom is 0.251 e. The summed E-state index contributed by atoms with van der Waals surface area (Å²) in [5, 5.41) is 17.5. The van der Waals surface area contributed by atoms with E-state index in [9.17, 15) is 18.3 Å². The maximum absolute atomic E-state index is 12.5. The zero-order valence-corrected chi connectivity index (χ0v) is 15.0. The van der Waals surface area contributed by atoms with Crippen molar-refractivity contribution in [2.24, 2.45) is 5.14 Å². The molecule has 2 aromatic carbocycles. The van der Waals surface area contributed by atoms with E-state index in [1.54, 1.807) is 19.9 Å². The van der Waals surface area contributed by atoms with Gasteiger partial charge in [-0.3, -0.25) is 4.79 Å². The molecule has 0 aliphatic rings. The molecule has 0 saturated carbocycles. The molecule has 0 aliphatic heterocycles. The normalized spacial score (nSPS) is 12.6. The van der Waals surface area contributed by atoms with Crippen LogP contribution in [0.5, 0.6) is 0 Å². The van der Waals surface area contributed by atoms with E-state index in [0.717, 1.165) is 5.56 Å². The number of rotatable bonds is 6. The van der Waals surface area contributed by atoms with Crippen molar-refractivity contribution in [3.05, 3.63) is 64.7 Å². The topological polar surface area (TPSA) is 109 Å². The summed E-state index contributed by atoms with van der Waals surface area (Å²) in [7, 11) is -3.92. The van der Waals surface area contributed by atoms with E-state index in [0.29, 0.717) is 17.5 Å². The van der Waals surface area contributed by atoms with Gasteiger partial charge in [0.25, 0.3) is 5.91 Å². The minimum absolute atomic E-state index is 0.0683. The van der Waals surface area contributed by atoms with Crippen molar-refractivity contribution in [2.45, 2.75) is 31.2 Å². The lowest BCUT2D eigenvalue weighted by atomic mass is 10.0. The molecular weight excluding hydrogens is 340 g/mol. The number of hydrogen-bond donors (Lipinski definition) is 3. The number of hydrogen-bond acceptors (Lipinski definition) is 4. The lowest BCUT2D eigenvalue weighted by molar-refractivity contribution is 0.0916. The Bertz CT molecular complexity index is 864. The number of carbonyl (C=O) groups is 1. The average Bonchev–Trinajstić information content (AvgIpc) is 2.56. The number of sulfonamides is 1. The highest BCUT2D eigenvalue weighted by molar-refractivity contribution is 7.89. The fourth-order valence-electron chi connectivity index (χ4n) is 2.58. The predicted molar refractivity (Wildman–Crippen MR) is 95.8 cm³/mol. The van der Waals surface area contributed by atoms with Gasteiger partial charge < -0.3 is 10.4 Å². The van der Waals surface area contributed by atoms with Gasteiger partial charge in [-0.15, -0.1) is 0 Å². The molecule has 0 saturated heterocycles. The van der Waals surface area contributed by atoms with Gasteiger partial charge in [0.15, 0.2) is 0 Å². The minimum Gasteiger partial charge on any atom is -0.394 e. The van der Waals surface area contributed by atoms with Gasteiger partial charge in [-0.1, -0.05) is 30.3 Å². The van der Waals surface area contributed by atoms with Crippen LogP contribution in [0.4, 0.5) is 0 Å². The first kappa shape index (κ1) is 19.1. The van der Waals surface area contributed by atoms with Crippen molar-refractivity contribution in [3.8, 4) is 0 Å². The molecule has 1 amide bonds. The Morgan fingerprint density at radius 3 is 2.40 bits per heavy atom. The summed E-state index contributed by atoms with van der Waals surface area (Å²) in [6, 6.07) is 11.9. The van der Waals surface area contributed by atoms with Gasteiger partial charge in [-0.05, 0) is 49.1 Å². The molecule has 0 aromatic heterocycles. The van der Waals surface area contributed by atoms with E-state index in [2.05, 4.69) is 5.32 Å². The zero-order chi connectivity index (χ0) is 18.6. The molecule has 0 bridgehead atoms. The summed E-state index contributed by atoms with van der Waals surface area (Å²) in [5.41, 5.74) is 2.34. The molecule has 0 fully saturated rings. The molecule has 0 heterocycles. The molecule has 4 N–H and O–H groups in total. The van der Waals surface area contributed by atoms with Gasteiger partial charge in [0.2, 0.25) is 10.0 Å². The molecule has 6 nitrogen and oxygen atoms in total. The third-order valence-electron chi connectivity index (χ3n) is 4.07. The Morgan fingerprint density at radius 1 is 1.20 bits per heavy atom. The molecule has 2 rings (SSSR count). The van der Waals surface area contributed by atoms with Crippen LogP contribution in [-0.4, -0.2) is 32.1 Å². The van der Waals surface area contributed by atoms with E-state index in [-0.39, 0.29) is 17.1 Å². The number of nitrogens with two attached hydrogens (primary N) is 1. The van der Waals surface area contributed by atoms with Crippen LogP contribution in [0.1, 0.15) is 27.0 Å². The monoisotopic (exact) mass is 362 g/mol. The summed E-state index contributed by atoms with van der Waals surface area (Å²) in [5.74, 6) is -0.456. The van der Waals surface area contributed by atoms with Crippen LogP contribution in [0, 0.1) is 13.8 Å². The summed E-state index contributed by atoms with van der Waals surface area (Å²) in [4.78, 5) is 12.4. The number of aliphatic hydroxyl groups is 1. The van der Waals surface area contributed by atoms with Crippen molar-refractivity contribution in [1.29, 1.82) is 0 Å². The van der Waals surface area contributed by atoms with E-state index >= 15 is 0 Å². The van der Waals surface area contributed by atoms with Crippen molar-refractivity contribution >= 4 is 15.9 Å². The van der Waals surface area contributed by atoms with Gasteiger partial charge in [0.05, 0.1) is 17.5 Å². The van der Waals surface area contributed by atoms with Crippen LogP contribution >= 0.6 is 0 Å². The highest BCUT2D eigenvalue weighted by atomic mass is 32.2.